The van der Waals surface area contributed by atoms with Crippen LogP contribution in [0.1, 0.15) is 21.6 Å². The minimum absolute atomic E-state index is 0.145. The molecule has 0 aliphatic heterocycles. The largest absolute Gasteiger partial charge is 0.452 e. The molecule has 0 saturated heterocycles. The van der Waals surface area contributed by atoms with Crippen molar-refractivity contribution in [3.8, 4) is 0 Å². The molecule has 0 saturated carbocycles. The van der Waals surface area contributed by atoms with E-state index in [1.54, 1.807) is 25.1 Å². The molecule has 0 spiro atoms. The summed E-state index contributed by atoms with van der Waals surface area (Å²) in [5.41, 5.74) is 3.34. The normalized spacial score (nSPS) is 10.9. The van der Waals surface area contributed by atoms with Crippen LogP contribution < -0.4 is 5.32 Å². The average Bonchev–Trinajstić information content (AvgIpc) is 3.32. The Morgan fingerprint density at radius 3 is 2.73 bits per heavy atom. The Hall–Kier alpha value is -3.30. The highest BCUT2D eigenvalue weighted by Gasteiger charge is 2.22. The van der Waals surface area contributed by atoms with E-state index in [1.807, 2.05) is 30.3 Å². The minimum Gasteiger partial charge on any atom is -0.452 e. The summed E-state index contributed by atoms with van der Waals surface area (Å²) < 4.78 is 15.0. The Morgan fingerprint density at radius 1 is 1.13 bits per heavy atom. The molecule has 152 valence electrons. The van der Waals surface area contributed by atoms with Crippen LogP contribution in [-0.4, -0.2) is 37.0 Å². The highest BCUT2D eigenvalue weighted by molar-refractivity contribution is 7.00. The predicted octanol–water partition coefficient (Wildman–Crippen LogP) is 3.69. The van der Waals surface area contributed by atoms with Gasteiger partial charge in [-0.3, -0.25) is 4.79 Å². The van der Waals surface area contributed by atoms with Crippen LogP contribution in [0.5, 0.6) is 0 Å². The van der Waals surface area contributed by atoms with E-state index >= 15 is 0 Å². The van der Waals surface area contributed by atoms with E-state index in [0.717, 1.165) is 17.3 Å². The zero-order chi connectivity index (χ0) is 21.1. The first-order valence-corrected chi connectivity index (χ1v) is 10.1. The zero-order valence-corrected chi connectivity index (χ0v) is 17.4. The van der Waals surface area contributed by atoms with Crippen LogP contribution >= 0.6 is 23.3 Å². The van der Waals surface area contributed by atoms with Crippen LogP contribution in [0.3, 0.4) is 0 Å². The second-order valence-corrected chi connectivity index (χ2v) is 7.34. The van der Waals surface area contributed by atoms with Crippen molar-refractivity contribution in [3.63, 3.8) is 0 Å². The highest BCUT2D eigenvalue weighted by Crippen LogP contribution is 2.23. The van der Waals surface area contributed by atoms with E-state index in [4.69, 9.17) is 16.3 Å². The van der Waals surface area contributed by atoms with Gasteiger partial charge in [0.05, 0.1) is 29.7 Å². The lowest BCUT2D eigenvalue weighted by Gasteiger charge is -2.07. The molecular weight excluding hydrogens is 426 g/mol. The van der Waals surface area contributed by atoms with Crippen molar-refractivity contribution in [1.29, 1.82) is 0 Å². The molecule has 10 heteroatoms. The van der Waals surface area contributed by atoms with Crippen molar-refractivity contribution in [2.24, 2.45) is 0 Å². The van der Waals surface area contributed by atoms with Gasteiger partial charge in [0, 0.05) is 0 Å². The molecule has 4 rings (SSSR count). The van der Waals surface area contributed by atoms with E-state index in [-0.39, 0.29) is 10.7 Å². The number of halogens is 1. The molecule has 30 heavy (non-hydrogen) atoms. The monoisotopic (exact) mass is 441 g/mol. The highest BCUT2D eigenvalue weighted by atomic mass is 35.5. The number of nitrogens with one attached hydrogen (secondary N) is 1. The number of carbonyl (C=O) groups is 2. The van der Waals surface area contributed by atoms with Crippen molar-refractivity contribution in [2.45, 2.75) is 13.5 Å². The SMILES string of the molecule is Cc1nn(Cc2ccccc2)c(Cl)c1C(=O)OCC(=O)Nc1cccc2nsnc12. The van der Waals surface area contributed by atoms with Crippen LogP contribution in [0.25, 0.3) is 11.0 Å². The second kappa shape index (κ2) is 8.60. The molecule has 1 N–H and O–H groups in total. The first-order chi connectivity index (χ1) is 14.5. The third-order valence-electron chi connectivity index (χ3n) is 4.34. The van der Waals surface area contributed by atoms with Crippen molar-refractivity contribution >= 4 is 51.9 Å². The fourth-order valence-corrected chi connectivity index (χ4v) is 3.80. The summed E-state index contributed by atoms with van der Waals surface area (Å²) in [6, 6.07) is 14.9. The number of rotatable bonds is 6. The lowest BCUT2D eigenvalue weighted by atomic mass is 10.2. The van der Waals surface area contributed by atoms with Gasteiger partial charge in [0.25, 0.3) is 5.91 Å². The number of nitrogens with zero attached hydrogens (tertiary/aromatic N) is 4. The van der Waals surface area contributed by atoms with Crippen LogP contribution in [0.4, 0.5) is 5.69 Å². The van der Waals surface area contributed by atoms with Crippen molar-refractivity contribution in [1.82, 2.24) is 18.5 Å². The summed E-state index contributed by atoms with van der Waals surface area (Å²) in [6.45, 7) is 1.62. The van der Waals surface area contributed by atoms with E-state index in [1.165, 1.54) is 4.68 Å². The van der Waals surface area contributed by atoms with Gasteiger partial charge < -0.3 is 10.1 Å². The second-order valence-electron chi connectivity index (χ2n) is 6.46. The van der Waals surface area contributed by atoms with Gasteiger partial charge in [0.15, 0.2) is 6.61 Å². The van der Waals surface area contributed by atoms with Gasteiger partial charge in [-0.1, -0.05) is 48.0 Å². The Morgan fingerprint density at radius 2 is 1.93 bits per heavy atom. The number of amides is 1. The number of fused-ring (bicyclic) bond motifs is 1. The molecule has 1 amide bonds. The minimum atomic E-state index is -0.708. The maximum absolute atomic E-state index is 12.5. The molecular formula is C20H16ClN5O3S. The fourth-order valence-electron chi connectivity index (χ4n) is 2.94. The molecule has 0 unspecified atom stereocenters. The van der Waals surface area contributed by atoms with Gasteiger partial charge in [-0.05, 0) is 24.6 Å². The third kappa shape index (κ3) is 4.17. The van der Waals surface area contributed by atoms with Gasteiger partial charge in [0.1, 0.15) is 21.7 Å². The maximum atomic E-state index is 12.5. The summed E-state index contributed by atoms with van der Waals surface area (Å²) in [4.78, 5) is 24.8. The van der Waals surface area contributed by atoms with Gasteiger partial charge in [-0.25, -0.2) is 9.48 Å². The average molecular weight is 442 g/mol. The number of ether oxygens (including phenoxy) is 1. The number of hydrogen-bond acceptors (Lipinski definition) is 7. The van der Waals surface area contributed by atoms with Gasteiger partial charge >= 0.3 is 5.97 Å². The molecule has 0 aliphatic carbocycles. The number of aryl methyl sites for hydroxylation is 1. The third-order valence-corrected chi connectivity index (χ3v) is 5.27. The molecule has 2 aromatic carbocycles. The fraction of sp³-hybridized carbons (Fsp3) is 0.150. The van der Waals surface area contributed by atoms with Crippen LogP contribution in [0.2, 0.25) is 5.15 Å². The molecule has 4 aromatic rings. The van der Waals surface area contributed by atoms with Crippen molar-refractivity contribution in [2.75, 3.05) is 11.9 Å². The Labute approximate surface area is 180 Å². The molecule has 0 aliphatic rings. The summed E-state index contributed by atoms with van der Waals surface area (Å²) in [5.74, 6) is -1.20. The lowest BCUT2D eigenvalue weighted by molar-refractivity contribution is -0.119. The molecule has 2 heterocycles. The van der Waals surface area contributed by atoms with E-state index in [0.29, 0.717) is 29.0 Å². The van der Waals surface area contributed by atoms with Crippen LogP contribution in [-0.2, 0) is 16.1 Å². The summed E-state index contributed by atoms with van der Waals surface area (Å²) >= 11 is 7.41. The van der Waals surface area contributed by atoms with Crippen molar-refractivity contribution < 1.29 is 14.3 Å². The van der Waals surface area contributed by atoms with E-state index < -0.39 is 18.5 Å². The van der Waals surface area contributed by atoms with E-state index in [2.05, 4.69) is 19.2 Å². The van der Waals surface area contributed by atoms with Crippen LogP contribution in [0, 0.1) is 6.92 Å². The molecule has 0 atom stereocenters. The van der Waals surface area contributed by atoms with Crippen molar-refractivity contribution in [3.05, 3.63) is 70.5 Å². The predicted molar refractivity (Wildman–Crippen MR) is 114 cm³/mol. The van der Waals surface area contributed by atoms with Gasteiger partial charge in [-0.15, -0.1) is 0 Å². The molecule has 0 radical (unpaired) electrons. The molecule has 2 aromatic heterocycles. The standard InChI is InChI=1S/C20H16ClN5O3S/c1-12-17(19(21)26(23-12)10-13-6-3-2-4-7-13)20(28)29-11-16(27)22-14-8-5-9-15-18(14)25-30-24-15/h2-9H,10-11H2,1H3,(H,22,27). The van der Waals surface area contributed by atoms with Gasteiger partial charge in [0.2, 0.25) is 0 Å². The summed E-state index contributed by atoms with van der Waals surface area (Å²) in [7, 11) is 0. The van der Waals surface area contributed by atoms with Crippen LogP contribution in [0.15, 0.2) is 48.5 Å². The summed E-state index contributed by atoms with van der Waals surface area (Å²) in [5, 5.41) is 7.16. The number of carbonyl (C=O) groups excluding carboxylic acids is 2. The number of anilines is 1. The maximum Gasteiger partial charge on any atom is 0.343 e. The Kier molecular flexibility index (Phi) is 5.73. The smallest absolute Gasteiger partial charge is 0.343 e. The number of hydrogen-bond donors (Lipinski definition) is 1. The van der Waals surface area contributed by atoms with E-state index in [9.17, 15) is 9.59 Å². The Balaban J connectivity index is 1.41. The first-order valence-electron chi connectivity index (χ1n) is 8.98. The lowest BCUT2D eigenvalue weighted by Crippen LogP contribution is -2.21. The zero-order valence-electron chi connectivity index (χ0n) is 15.8. The molecule has 0 bridgehead atoms. The number of benzene rings is 2. The Bertz CT molecular complexity index is 1220. The topological polar surface area (TPSA) is 99.0 Å². The number of esters is 1. The number of aromatic nitrogens is 4. The molecule has 8 nitrogen and oxygen atoms in total. The summed E-state index contributed by atoms with van der Waals surface area (Å²) in [6.07, 6.45) is 0. The quantitative estimate of drug-likeness (QED) is 0.458. The molecule has 0 fully saturated rings. The first kappa shape index (κ1) is 20.0. The van der Waals surface area contributed by atoms with Gasteiger partial charge in [-0.2, -0.15) is 13.8 Å².